The zero-order chi connectivity index (χ0) is 16.9. The number of thioether (sulfide) groups is 1. The van der Waals surface area contributed by atoms with Crippen LogP contribution in [0.1, 0.15) is 5.56 Å². The topological polar surface area (TPSA) is 44.3 Å². The third kappa shape index (κ3) is 4.12. The van der Waals surface area contributed by atoms with Crippen molar-refractivity contribution in [2.45, 2.75) is 11.4 Å². The number of likely N-dealkylation sites (N-methyl/N-ethyl adjacent to an activating group) is 1. The fourth-order valence-electron chi connectivity index (χ4n) is 2.68. The van der Waals surface area contributed by atoms with Gasteiger partial charge in [0.05, 0.1) is 4.90 Å². The smallest absolute Gasteiger partial charge is 0.226 e. The minimum absolute atomic E-state index is 0.516. The number of nitrogens with one attached hydrogen (secondary N) is 1. The first kappa shape index (κ1) is 17.3. The van der Waals surface area contributed by atoms with E-state index < -0.39 is 0 Å². The van der Waals surface area contributed by atoms with Crippen molar-refractivity contribution in [3.63, 3.8) is 0 Å². The van der Waals surface area contributed by atoms with Gasteiger partial charge < -0.3 is 15.1 Å². The molecule has 0 radical (unpaired) electrons. The molecule has 1 N–H and O–H groups in total. The second-order valence-corrected chi connectivity index (χ2v) is 7.00. The number of nitrogens with zero attached hydrogens (tertiary/aromatic N) is 4. The average molecular weight is 364 g/mol. The van der Waals surface area contributed by atoms with Crippen LogP contribution >= 0.6 is 23.4 Å². The van der Waals surface area contributed by atoms with Crippen LogP contribution in [0.25, 0.3) is 0 Å². The van der Waals surface area contributed by atoms with Crippen molar-refractivity contribution in [1.29, 1.82) is 0 Å². The minimum atomic E-state index is 0.516. The summed E-state index contributed by atoms with van der Waals surface area (Å²) >= 11 is 8.01. The molecule has 0 amide bonds. The van der Waals surface area contributed by atoms with Crippen LogP contribution in [0.4, 0.5) is 11.8 Å². The Morgan fingerprint density at radius 3 is 2.50 bits per heavy atom. The third-order valence-corrected chi connectivity index (χ3v) is 5.28. The van der Waals surface area contributed by atoms with Gasteiger partial charge in [0.2, 0.25) is 5.95 Å². The molecular weight excluding hydrogens is 342 g/mol. The predicted octanol–water partition coefficient (Wildman–Crippen LogP) is 3.22. The monoisotopic (exact) mass is 363 g/mol. The van der Waals surface area contributed by atoms with E-state index in [1.54, 1.807) is 11.8 Å². The summed E-state index contributed by atoms with van der Waals surface area (Å²) in [7, 11) is 2.15. The van der Waals surface area contributed by atoms with Crippen molar-refractivity contribution in [1.82, 2.24) is 14.9 Å². The van der Waals surface area contributed by atoms with Crippen molar-refractivity contribution >= 4 is 35.1 Å². The van der Waals surface area contributed by atoms with E-state index in [-0.39, 0.29) is 0 Å². The standard InChI is InChI=1S/C17H22ClN5S/c1-22-8-10-23(11-9-22)16-14(24-2)15(18)20-17(21-16)19-12-13-6-4-3-5-7-13/h3-7H,8-12H2,1-2H3,(H,19,20,21). The molecule has 7 heteroatoms. The van der Waals surface area contributed by atoms with Gasteiger partial charge in [-0.15, -0.1) is 11.8 Å². The second-order valence-electron chi connectivity index (χ2n) is 5.82. The van der Waals surface area contributed by atoms with Crippen LogP contribution < -0.4 is 10.2 Å². The summed E-state index contributed by atoms with van der Waals surface area (Å²) < 4.78 is 0. The number of halogens is 1. The summed E-state index contributed by atoms with van der Waals surface area (Å²) in [5, 5.41) is 3.80. The first-order valence-electron chi connectivity index (χ1n) is 8.00. The molecule has 5 nitrogen and oxygen atoms in total. The summed E-state index contributed by atoms with van der Waals surface area (Å²) in [6.45, 7) is 4.65. The highest BCUT2D eigenvalue weighted by Crippen LogP contribution is 2.34. The van der Waals surface area contributed by atoms with Crippen LogP contribution in [-0.4, -0.2) is 54.4 Å². The van der Waals surface area contributed by atoms with Crippen molar-refractivity contribution in [3.8, 4) is 0 Å². The predicted molar refractivity (Wildman–Crippen MR) is 102 cm³/mol. The maximum atomic E-state index is 6.42. The number of aromatic nitrogens is 2. The zero-order valence-corrected chi connectivity index (χ0v) is 15.6. The largest absolute Gasteiger partial charge is 0.353 e. The van der Waals surface area contributed by atoms with Crippen LogP contribution in [0.15, 0.2) is 35.2 Å². The van der Waals surface area contributed by atoms with E-state index in [0.717, 1.165) is 36.9 Å². The zero-order valence-electron chi connectivity index (χ0n) is 14.0. The Hall–Kier alpha value is -1.50. The molecule has 1 aliphatic rings. The summed E-state index contributed by atoms with van der Waals surface area (Å²) in [5.41, 5.74) is 1.19. The molecule has 1 aromatic heterocycles. The first-order chi connectivity index (χ1) is 11.7. The quantitative estimate of drug-likeness (QED) is 0.650. The van der Waals surface area contributed by atoms with Crippen molar-refractivity contribution in [3.05, 3.63) is 41.0 Å². The fourth-order valence-corrected chi connectivity index (χ4v) is 3.64. The first-order valence-corrected chi connectivity index (χ1v) is 9.60. The molecule has 1 aromatic carbocycles. The van der Waals surface area contributed by atoms with Gasteiger partial charge in [-0.05, 0) is 18.9 Å². The van der Waals surface area contributed by atoms with Crippen LogP contribution in [0.5, 0.6) is 0 Å². The molecule has 1 aliphatic heterocycles. The lowest BCUT2D eigenvalue weighted by Crippen LogP contribution is -2.45. The Bertz CT molecular complexity index is 674. The van der Waals surface area contributed by atoms with E-state index in [1.165, 1.54) is 5.56 Å². The van der Waals surface area contributed by atoms with E-state index in [0.29, 0.717) is 17.6 Å². The molecule has 0 spiro atoms. The van der Waals surface area contributed by atoms with Gasteiger partial charge in [-0.2, -0.15) is 9.97 Å². The highest BCUT2D eigenvalue weighted by molar-refractivity contribution is 7.98. The van der Waals surface area contributed by atoms with Gasteiger partial charge in [0.1, 0.15) is 11.0 Å². The lowest BCUT2D eigenvalue weighted by Gasteiger charge is -2.34. The third-order valence-electron chi connectivity index (χ3n) is 4.11. The van der Waals surface area contributed by atoms with Gasteiger partial charge in [-0.1, -0.05) is 41.9 Å². The highest BCUT2D eigenvalue weighted by Gasteiger charge is 2.21. The summed E-state index contributed by atoms with van der Waals surface area (Å²) in [5.74, 6) is 1.52. The number of piperazine rings is 1. The molecule has 128 valence electrons. The SMILES string of the molecule is CSc1c(Cl)nc(NCc2ccccc2)nc1N1CCN(C)CC1. The van der Waals surface area contributed by atoms with Gasteiger partial charge in [0, 0.05) is 32.7 Å². The van der Waals surface area contributed by atoms with E-state index in [1.807, 2.05) is 24.5 Å². The van der Waals surface area contributed by atoms with Crippen molar-refractivity contribution in [2.75, 3.05) is 49.7 Å². The molecule has 0 saturated carbocycles. The van der Waals surface area contributed by atoms with Crippen LogP contribution in [-0.2, 0) is 6.54 Å². The van der Waals surface area contributed by atoms with Crippen LogP contribution in [0.2, 0.25) is 5.15 Å². The number of hydrogen-bond acceptors (Lipinski definition) is 6. The summed E-state index contributed by atoms with van der Waals surface area (Å²) in [6.07, 6.45) is 2.02. The average Bonchev–Trinajstić information content (AvgIpc) is 2.61. The number of hydrogen-bond donors (Lipinski definition) is 1. The maximum absolute atomic E-state index is 6.42. The van der Waals surface area contributed by atoms with E-state index in [4.69, 9.17) is 16.6 Å². The molecule has 0 unspecified atom stereocenters. The Labute approximate surface area is 152 Å². The summed E-state index contributed by atoms with van der Waals surface area (Å²) in [4.78, 5) is 14.7. The minimum Gasteiger partial charge on any atom is -0.353 e. The lowest BCUT2D eigenvalue weighted by molar-refractivity contribution is 0.311. The lowest BCUT2D eigenvalue weighted by atomic mass is 10.2. The van der Waals surface area contributed by atoms with E-state index >= 15 is 0 Å². The fraction of sp³-hybridized carbons (Fsp3) is 0.412. The van der Waals surface area contributed by atoms with Crippen LogP contribution in [0.3, 0.4) is 0 Å². The Morgan fingerprint density at radius 2 is 1.83 bits per heavy atom. The Balaban J connectivity index is 1.80. The number of benzene rings is 1. The maximum Gasteiger partial charge on any atom is 0.226 e. The number of rotatable bonds is 5. The molecule has 24 heavy (non-hydrogen) atoms. The van der Waals surface area contributed by atoms with E-state index in [2.05, 4.69) is 39.3 Å². The normalized spacial score (nSPS) is 15.5. The van der Waals surface area contributed by atoms with Crippen molar-refractivity contribution in [2.24, 2.45) is 0 Å². The molecular formula is C17H22ClN5S. The van der Waals surface area contributed by atoms with Gasteiger partial charge in [0.25, 0.3) is 0 Å². The van der Waals surface area contributed by atoms with Crippen LogP contribution in [0, 0.1) is 0 Å². The molecule has 0 bridgehead atoms. The molecule has 0 aliphatic carbocycles. The van der Waals surface area contributed by atoms with Gasteiger partial charge in [-0.3, -0.25) is 0 Å². The Morgan fingerprint density at radius 1 is 1.12 bits per heavy atom. The highest BCUT2D eigenvalue weighted by atomic mass is 35.5. The molecule has 3 rings (SSSR count). The molecule has 2 heterocycles. The Kier molecular flexibility index (Phi) is 5.81. The van der Waals surface area contributed by atoms with Gasteiger partial charge >= 0.3 is 0 Å². The second kappa shape index (κ2) is 8.05. The van der Waals surface area contributed by atoms with Gasteiger partial charge in [-0.25, -0.2) is 0 Å². The molecule has 1 saturated heterocycles. The molecule has 1 fully saturated rings. The van der Waals surface area contributed by atoms with Crippen molar-refractivity contribution < 1.29 is 0 Å². The number of anilines is 2. The van der Waals surface area contributed by atoms with Gasteiger partial charge in [0.15, 0.2) is 0 Å². The molecule has 0 atom stereocenters. The summed E-state index contributed by atoms with van der Waals surface area (Å²) in [6, 6.07) is 10.2. The van der Waals surface area contributed by atoms with E-state index in [9.17, 15) is 0 Å². The molecule has 2 aromatic rings.